The first-order valence-corrected chi connectivity index (χ1v) is 6.53. The summed E-state index contributed by atoms with van der Waals surface area (Å²) in [6.45, 7) is 4.04. The molecule has 100 valence electrons. The maximum atomic E-state index is 11.8. The van der Waals surface area contributed by atoms with Crippen molar-refractivity contribution >= 4 is 11.7 Å². The molecule has 1 heterocycles. The first kappa shape index (κ1) is 13.4. The van der Waals surface area contributed by atoms with Crippen molar-refractivity contribution in [2.75, 3.05) is 25.1 Å². The Hall–Kier alpha value is -2.02. The molecule has 0 spiro atoms. The summed E-state index contributed by atoms with van der Waals surface area (Å²) in [6, 6.07) is 7.24. The lowest BCUT2D eigenvalue weighted by atomic mass is 9.98. The Labute approximate surface area is 113 Å². The number of carbonyl (C=O) groups is 1. The topological polar surface area (TPSA) is 53.3 Å². The zero-order valence-corrected chi connectivity index (χ0v) is 11.3. The summed E-state index contributed by atoms with van der Waals surface area (Å²) in [7, 11) is 1.38. The maximum absolute atomic E-state index is 11.8. The van der Waals surface area contributed by atoms with E-state index in [4.69, 9.17) is 10.00 Å². The summed E-state index contributed by atoms with van der Waals surface area (Å²) in [5.41, 5.74) is 1.92. The Kier molecular flexibility index (Phi) is 4.06. The van der Waals surface area contributed by atoms with Gasteiger partial charge in [-0.25, -0.2) is 4.79 Å². The van der Waals surface area contributed by atoms with Gasteiger partial charge >= 0.3 is 5.97 Å². The summed E-state index contributed by atoms with van der Waals surface area (Å²) in [4.78, 5) is 14.0. The largest absolute Gasteiger partial charge is 0.465 e. The average Bonchev–Trinajstić information content (AvgIpc) is 2.45. The fourth-order valence-corrected chi connectivity index (χ4v) is 2.55. The molecule has 1 unspecified atom stereocenters. The second kappa shape index (κ2) is 5.75. The van der Waals surface area contributed by atoms with E-state index in [2.05, 4.69) is 17.9 Å². The summed E-state index contributed by atoms with van der Waals surface area (Å²) in [5.74, 6) is 0.253. The van der Waals surface area contributed by atoms with Crippen molar-refractivity contribution in [1.82, 2.24) is 0 Å². The van der Waals surface area contributed by atoms with Crippen molar-refractivity contribution in [1.29, 1.82) is 5.26 Å². The third kappa shape index (κ3) is 2.87. The van der Waals surface area contributed by atoms with E-state index in [9.17, 15) is 4.79 Å². The number of nitriles is 1. The van der Waals surface area contributed by atoms with Crippen molar-refractivity contribution < 1.29 is 9.53 Å². The molecule has 2 rings (SSSR count). The van der Waals surface area contributed by atoms with Crippen molar-refractivity contribution in [2.24, 2.45) is 5.92 Å². The number of hydrogen-bond acceptors (Lipinski definition) is 4. The molecule has 1 aliphatic heterocycles. The van der Waals surface area contributed by atoms with Gasteiger partial charge in [0.1, 0.15) is 0 Å². The molecule has 0 bridgehead atoms. The van der Waals surface area contributed by atoms with Crippen LogP contribution in [0.2, 0.25) is 0 Å². The maximum Gasteiger partial charge on any atom is 0.339 e. The molecular weight excluding hydrogens is 240 g/mol. The van der Waals surface area contributed by atoms with Gasteiger partial charge in [-0.05, 0) is 37.0 Å². The molecule has 19 heavy (non-hydrogen) atoms. The van der Waals surface area contributed by atoms with E-state index in [1.807, 2.05) is 0 Å². The molecule has 0 aromatic heterocycles. The Morgan fingerprint density at radius 1 is 1.53 bits per heavy atom. The van der Waals surface area contributed by atoms with Crippen LogP contribution in [-0.4, -0.2) is 26.2 Å². The van der Waals surface area contributed by atoms with Crippen LogP contribution in [0.3, 0.4) is 0 Å². The van der Waals surface area contributed by atoms with Gasteiger partial charge < -0.3 is 9.64 Å². The first-order valence-electron chi connectivity index (χ1n) is 6.53. The molecule has 1 aromatic rings. The normalized spacial score (nSPS) is 18.8. The molecule has 1 saturated heterocycles. The molecule has 0 saturated carbocycles. The zero-order valence-electron chi connectivity index (χ0n) is 11.3. The molecule has 1 atom stereocenters. The highest BCUT2D eigenvalue weighted by molar-refractivity contribution is 5.96. The van der Waals surface area contributed by atoms with Crippen LogP contribution in [0.4, 0.5) is 5.69 Å². The Morgan fingerprint density at radius 3 is 2.95 bits per heavy atom. The fourth-order valence-electron chi connectivity index (χ4n) is 2.55. The molecular formula is C15H18N2O2. The number of benzene rings is 1. The van der Waals surface area contributed by atoms with Crippen LogP contribution in [0.1, 0.15) is 35.7 Å². The minimum atomic E-state index is -0.349. The third-order valence-electron chi connectivity index (χ3n) is 3.53. The number of piperidine rings is 1. The molecule has 1 aromatic carbocycles. The van der Waals surface area contributed by atoms with Crippen LogP contribution >= 0.6 is 0 Å². The fraction of sp³-hybridized carbons (Fsp3) is 0.467. The predicted molar refractivity (Wildman–Crippen MR) is 73.1 cm³/mol. The van der Waals surface area contributed by atoms with Gasteiger partial charge in [-0.1, -0.05) is 6.92 Å². The minimum Gasteiger partial charge on any atom is -0.465 e. The van der Waals surface area contributed by atoms with E-state index < -0.39 is 0 Å². The van der Waals surface area contributed by atoms with Gasteiger partial charge in [0.25, 0.3) is 0 Å². The number of ether oxygens (including phenoxy) is 1. The molecule has 0 radical (unpaired) electrons. The highest BCUT2D eigenvalue weighted by atomic mass is 16.5. The molecule has 0 N–H and O–H groups in total. The van der Waals surface area contributed by atoms with Crippen LogP contribution in [0.15, 0.2) is 18.2 Å². The quantitative estimate of drug-likeness (QED) is 0.765. The number of carbonyl (C=O) groups excluding carboxylic acids is 1. The monoisotopic (exact) mass is 258 g/mol. The summed E-state index contributed by atoms with van der Waals surface area (Å²) >= 11 is 0. The number of anilines is 1. The second-order valence-corrected chi connectivity index (χ2v) is 5.03. The Bertz CT molecular complexity index is 519. The Morgan fingerprint density at radius 2 is 2.32 bits per heavy atom. The molecule has 4 heteroatoms. The standard InChI is InChI=1S/C15H18N2O2/c1-11-4-3-7-17(10-11)14-8-12(9-16)5-6-13(14)15(18)19-2/h5-6,8,11H,3-4,7,10H2,1-2H3. The number of hydrogen-bond donors (Lipinski definition) is 0. The molecule has 0 amide bonds. The van der Waals surface area contributed by atoms with Crippen LogP contribution in [-0.2, 0) is 4.74 Å². The average molecular weight is 258 g/mol. The van der Waals surface area contributed by atoms with Crippen LogP contribution in [0, 0.1) is 17.2 Å². The molecule has 1 aliphatic rings. The van der Waals surface area contributed by atoms with E-state index in [-0.39, 0.29) is 5.97 Å². The van der Waals surface area contributed by atoms with E-state index in [1.165, 1.54) is 13.5 Å². The smallest absolute Gasteiger partial charge is 0.339 e. The number of rotatable bonds is 2. The summed E-state index contributed by atoms with van der Waals surface area (Å²) in [6.07, 6.45) is 2.32. The number of esters is 1. The second-order valence-electron chi connectivity index (χ2n) is 5.03. The van der Waals surface area contributed by atoms with Gasteiger partial charge in [0.2, 0.25) is 0 Å². The first-order chi connectivity index (χ1) is 9.15. The van der Waals surface area contributed by atoms with Gasteiger partial charge in [0.15, 0.2) is 0 Å². The van der Waals surface area contributed by atoms with E-state index >= 15 is 0 Å². The van der Waals surface area contributed by atoms with Crippen molar-refractivity contribution in [2.45, 2.75) is 19.8 Å². The minimum absolute atomic E-state index is 0.349. The number of methoxy groups -OCH3 is 1. The van der Waals surface area contributed by atoms with Gasteiger partial charge in [-0.3, -0.25) is 0 Å². The van der Waals surface area contributed by atoms with Crippen LogP contribution in [0.25, 0.3) is 0 Å². The van der Waals surface area contributed by atoms with E-state index in [1.54, 1.807) is 18.2 Å². The van der Waals surface area contributed by atoms with Crippen LogP contribution < -0.4 is 4.90 Å². The predicted octanol–water partition coefficient (Wildman–Crippen LogP) is 2.58. The van der Waals surface area contributed by atoms with E-state index in [0.29, 0.717) is 17.0 Å². The summed E-state index contributed by atoms with van der Waals surface area (Å²) < 4.78 is 4.82. The lowest BCUT2D eigenvalue weighted by Crippen LogP contribution is -2.35. The van der Waals surface area contributed by atoms with Crippen molar-refractivity contribution in [3.8, 4) is 6.07 Å². The van der Waals surface area contributed by atoms with E-state index in [0.717, 1.165) is 25.2 Å². The molecule has 4 nitrogen and oxygen atoms in total. The third-order valence-corrected chi connectivity index (χ3v) is 3.53. The van der Waals surface area contributed by atoms with Gasteiger partial charge in [-0.2, -0.15) is 5.26 Å². The lowest BCUT2D eigenvalue weighted by molar-refractivity contribution is 0.0601. The lowest BCUT2D eigenvalue weighted by Gasteiger charge is -2.33. The van der Waals surface area contributed by atoms with Gasteiger partial charge in [0, 0.05) is 13.1 Å². The number of nitrogens with zero attached hydrogens (tertiary/aromatic N) is 2. The van der Waals surface area contributed by atoms with Crippen molar-refractivity contribution in [3.05, 3.63) is 29.3 Å². The highest BCUT2D eigenvalue weighted by Crippen LogP contribution is 2.27. The SMILES string of the molecule is COC(=O)c1ccc(C#N)cc1N1CCCC(C)C1. The zero-order chi connectivity index (χ0) is 13.8. The van der Waals surface area contributed by atoms with Gasteiger partial charge in [-0.15, -0.1) is 0 Å². The molecule has 0 aliphatic carbocycles. The Balaban J connectivity index is 2.40. The summed E-state index contributed by atoms with van der Waals surface area (Å²) in [5, 5.41) is 9.01. The van der Waals surface area contributed by atoms with Crippen LogP contribution in [0.5, 0.6) is 0 Å². The molecule has 1 fully saturated rings. The highest BCUT2D eigenvalue weighted by Gasteiger charge is 2.22. The van der Waals surface area contributed by atoms with Gasteiger partial charge in [0.05, 0.1) is 30.0 Å². The van der Waals surface area contributed by atoms with Crippen molar-refractivity contribution in [3.63, 3.8) is 0 Å².